The molecule has 1 aliphatic heterocycles. The first kappa shape index (κ1) is 34.2. The van der Waals surface area contributed by atoms with Crippen LogP contribution in [0.25, 0.3) is 111 Å². The normalized spacial score (nSPS) is 17.1. The third-order valence-corrected chi connectivity index (χ3v) is 14.9. The molecule has 2 aliphatic rings. The average Bonchev–Trinajstić information content (AvgIpc) is 4.04. The third kappa shape index (κ3) is 4.67. The van der Waals surface area contributed by atoms with Crippen molar-refractivity contribution in [2.75, 3.05) is 0 Å². The average molecular weight is 810 g/mol. The smallest absolute Gasteiger partial charge is 0.164 e. The van der Waals surface area contributed by atoms with E-state index in [0.29, 0.717) is 17.5 Å². The number of allylic oxidation sites excluding steroid dienone is 3. The molecule has 0 radical (unpaired) electrons. The highest BCUT2D eigenvalue weighted by Crippen LogP contribution is 2.59. The molecule has 0 saturated heterocycles. The number of rotatable bonds is 4. The van der Waals surface area contributed by atoms with Crippen molar-refractivity contribution in [3.8, 4) is 39.9 Å². The van der Waals surface area contributed by atoms with Gasteiger partial charge in [-0.15, -0.1) is 11.8 Å². The molecule has 2 unspecified atom stereocenters. The van der Waals surface area contributed by atoms with Crippen LogP contribution in [-0.2, 0) is 0 Å². The molecule has 2 atom stereocenters. The number of hydrogen-bond acceptors (Lipinski definition) is 4. The fourth-order valence-corrected chi connectivity index (χ4v) is 12.1. The highest BCUT2D eigenvalue weighted by Gasteiger charge is 2.43. The van der Waals surface area contributed by atoms with E-state index in [9.17, 15) is 0 Å². The molecule has 6 heteroatoms. The van der Waals surface area contributed by atoms with Gasteiger partial charge < -0.3 is 8.97 Å². The van der Waals surface area contributed by atoms with Crippen molar-refractivity contribution in [2.45, 2.75) is 22.5 Å². The Hall–Kier alpha value is -7.54. The molecule has 0 N–H and O–H groups in total. The van der Waals surface area contributed by atoms with E-state index in [0.717, 1.165) is 22.4 Å². The highest BCUT2D eigenvalue weighted by atomic mass is 32.2. The van der Waals surface area contributed by atoms with Crippen LogP contribution in [0.2, 0.25) is 0 Å². The second-order valence-corrected chi connectivity index (χ2v) is 18.4. The minimum Gasteiger partial charge on any atom is -0.308 e. The molecule has 62 heavy (non-hydrogen) atoms. The molecule has 0 saturated carbocycles. The van der Waals surface area contributed by atoms with E-state index in [-0.39, 0.29) is 10.7 Å². The van der Waals surface area contributed by atoms with Gasteiger partial charge in [-0.3, -0.25) is 0 Å². The van der Waals surface area contributed by atoms with Gasteiger partial charge in [0, 0.05) is 64.6 Å². The van der Waals surface area contributed by atoms with E-state index in [1.165, 1.54) is 81.1 Å². The molecule has 0 fully saturated rings. The number of thioether (sulfide) groups is 1. The first-order valence-electron chi connectivity index (χ1n) is 21.2. The highest BCUT2D eigenvalue weighted by molar-refractivity contribution is 8.01. The standard InChI is InChI=1S/C56H35N5S/c1-56-28-13-12-24-44(56)42-29-36(55-58-53(34-16-4-2-5-17-34)57-54(59-55)35-18-6-3-7-19-35)30-49(52(42)62-56)60-46-27-26-33-15-8-9-20-37(33)50(46)43-31-41-40-23-14-22-39-38-21-10-11-25-45(38)61(51(39)40)47(41)32-48(43)60/h2-32,44H,1H3. The monoisotopic (exact) mass is 809 g/mol. The van der Waals surface area contributed by atoms with Crippen molar-refractivity contribution < 1.29 is 0 Å². The molecule has 12 aromatic rings. The Morgan fingerprint density at radius 1 is 0.500 bits per heavy atom. The molecule has 1 aliphatic carbocycles. The van der Waals surface area contributed by atoms with Crippen molar-refractivity contribution in [1.29, 1.82) is 0 Å². The van der Waals surface area contributed by atoms with Crippen molar-refractivity contribution >= 4 is 82.4 Å². The van der Waals surface area contributed by atoms with Crippen LogP contribution in [-0.4, -0.2) is 28.7 Å². The first-order valence-corrected chi connectivity index (χ1v) is 22.0. The topological polar surface area (TPSA) is 48.0 Å². The van der Waals surface area contributed by atoms with Gasteiger partial charge in [-0.2, -0.15) is 0 Å². The maximum atomic E-state index is 5.28. The predicted molar refractivity (Wildman–Crippen MR) is 258 cm³/mol. The fourth-order valence-electron chi connectivity index (χ4n) is 10.6. The minimum absolute atomic E-state index is 0.155. The summed E-state index contributed by atoms with van der Waals surface area (Å²) < 4.78 is 4.89. The summed E-state index contributed by atoms with van der Waals surface area (Å²) in [4.78, 5) is 16.9. The summed E-state index contributed by atoms with van der Waals surface area (Å²) in [5, 5.41) is 10.1. The van der Waals surface area contributed by atoms with Gasteiger partial charge in [0.05, 0.1) is 33.3 Å². The van der Waals surface area contributed by atoms with E-state index < -0.39 is 0 Å². The molecule has 8 aromatic carbocycles. The number of nitrogens with zero attached hydrogens (tertiary/aromatic N) is 5. The van der Waals surface area contributed by atoms with Crippen LogP contribution in [0.1, 0.15) is 18.4 Å². The van der Waals surface area contributed by atoms with Crippen molar-refractivity contribution in [3.63, 3.8) is 0 Å². The molecule has 290 valence electrons. The lowest BCUT2D eigenvalue weighted by Gasteiger charge is -2.27. The summed E-state index contributed by atoms with van der Waals surface area (Å²) in [5.74, 6) is 2.13. The Labute approximate surface area is 360 Å². The largest absolute Gasteiger partial charge is 0.308 e. The van der Waals surface area contributed by atoms with Crippen LogP contribution in [0, 0.1) is 0 Å². The number of aromatic nitrogens is 5. The van der Waals surface area contributed by atoms with Crippen molar-refractivity contribution in [3.05, 3.63) is 194 Å². The van der Waals surface area contributed by atoms with E-state index in [4.69, 9.17) is 15.0 Å². The summed E-state index contributed by atoms with van der Waals surface area (Å²) in [5.41, 5.74) is 11.4. The lowest BCUT2D eigenvalue weighted by atomic mass is 9.83. The molecular weight excluding hydrogens is 775 g/mol. The quantitative estimate of drug-likeness (QED) is 0.178. The van der Waals surface area contributed by atoms with Crippen LogP contribution in [0.15, 0.2) is 193 Å². The van der Waals surface area contributed by atoms with Gasteiger partial charge in [0.25, 0.3) is 0 Å². The molecule has 4 aromatic heterocycles. The van der Waals surface area contributed by atoms with Gasteiger partial charge in [-0.1, -0.05) is 152 Å². The number of fused-ring (bicyclic) bond motifs is 14. The molecule has 5 nitrogen and oxygen atoms in total. The Morgan fingerprint density at radius 3 is 1.94 bits per heavy atom. The fraction of sp³-hybridized carbons (Fsp3) is 0.0536. The van der Waals surface area contributed by atoms with Crippen LogP contribution in [0.3, 0.4) is 0 Å². The molecule has 0 bridgehead atoms. The number of hydrogen-bond donors (Lipinski definition) is 0. The molecule has 14 rings (SSSR count). The summed E-state index contributed by atoms with van der Waals surface area (Å²) in [7, 11) is 0. The van der Waals surface area contributed by atoms with E-state index in [1.807, 2.05) is 48.2 Å². The van der Waals surface area contributed by atoms with Gasteiger partial charge in [-0.25, -0.2) is 15.0 Å². The van der Waals surface area contributed by atoms with E-state index in [2.05, 4.69) is 168 Å². The van der Waals surface area contributed by atoms with Gasteiger partial charge in [0.15, 0.2) is 17.5 Å². The molecule has 0 amide bonds. The van der Waals surface area contributed by atoms with Gasteiger partial charge in [-0.05, 0) is 59.7 Å². The second-order valence-electron chi connectivity index (χ2n) is 16.9. The first-order chi connectivity index (χ1) is 30.6. The van der Waals surface area contributed by atoms with Crippen LogP contribution in [0.5, 0.6) is 0 Å². The van der Waals surface area contributed by atoms with Gasteiger partial charge >= 0.3 is 0 Å². The second kappa shape index (κ2) is 12.5. The Morgan fingerprint density at radius 2 is 1.16 bits per heavy atom. The lowest BCUT2D eigenvalue weighted by Crippen LogP contribution is -2.22. The van der Waals surface area contributed by atoms with Crippen LogP contribution in [0.4, 0.5) is 0 Å². The maximum Gasteiger partial charge on any atom is 0.164 e. The summed E-state index contributed by atoms with van der Waals surface area (Å²) >= 11 is 1.97. The Bertz CT molecular complexity index is 3860. The van der Waals surface area contributed by atoms with Crippen molar-refractivity contribution in [1.82, 2.24) is 23.9 Å². The van der Waals surface area contributed by atoms with E-state index >= 15 is 0 Å². The summed E-state index contributed by atoms with van der Waals surface area (Å²) in [6.45, 7) is 2.38. The lowest BCUT2D eigenvalue weighted by molar-refractivity contribution is 0.701. The maximum absolute atomic E-state index is 5.28. The third-order valence-electron chi connectivity index (χ3n) is 13.4. The molecule has 5 heterocycles. The van der Waals surface area contributed by atoms with Crippen LogP contribution >= 0.6 is 11.8 Å². The van der Waals surface area contributed by atoms with Gasteiger partial charge in [0.1, 0.15) is 0 Å². The summed E-state index contributed by atoms with van der Waals surface area (Å²) in [6, 6.07) is 59.2. The Balaban J connectivity index is 1.13. The zero-order chi connectivity index (χ0) is 40.7. The minimum atomic E-state index is -0.155. The Kier molecular flexibility index (Phi) is 6.90. The summed E-state index contributed by atoms with van der Waals surface area (Å²) in [6.07, 6.45) is 9.15. The van der Waals surface area contributed by atoms with E-state index in [1.54, 1.807) is 0 Å². The zero-order valence-electron chi connectivity index (χ0n) is 33.6. The number of para-hydroxylation sites is 2. The molecular formula is C56H35N5S. The van der Waals surface area contributed by atoms with Gasteiger partial charge in [0.2, 0.25) is 0 Å². The SMILES string of the molecule is CC12C=CC=CC1c1cc(-c3nc(-c4ccccc4)nc(-c4ccccc4)n3)cc(-n3c4cc5c(cc4c4c6ccccc6ccc43)c3cccc4c6ccccc6n5c43)c1S2. The van der Waals surface area contributed by atoms with Crippen molar-refractivity contribution in [2.24, 2.45) is 0 Å². The molecule has 0 spiro atoms. The zero-order valence-corrected chi connectivity index (χ0v) is 34.4. The van der Waals surface area contributed by atoms with Crippen LogP contribution < -0.4 is 0 Å². The predicted octanol–water partition coefficient (Wildman–Crippen LogP) is 14.3. The number of benzene rings is 8.